The molecule has 0 bridgehead atoms. The van der Waals surface area contributed by atoms with Crippen LogP contribution < -0.4 is 21.0 Å². The van der Waals surface area contributed by atoms with E-state index in [0.717, 1.165) is 41.8 Å². The Morgan fingerprint density at radius 2 is 1.78 bits per heavy atom. The number of rotatable bonds is 10. The van der Waals surface area contributed by atoms with Crippen molar-refractivity contribution in [2.24, 2.45) is 0 Å². The third kappa shape index (κ3) is 6.00. The van der Waals surface area contributed by atoms with Gasteiger partial charge in [-0.25, -0.2) is 0 Å². The van der Waals surface area contributed by atoms with Gasteiger partial charge in [-0.2, -0.15) is 0 Å². The SMILES string of the molecule is Cc1[nH]c(=O)c(CNC(O)C(CC=N)N2CCN(Oc3cccc4c3C(=O)N(C3CCC(=O)NC3=O)C4=O)CC2)c2c1CCCC2. The second kappa shape index (κ2) is 13.2. The van der Waals surface area contributed by atoms with Crippen molar-refractivity contribution >= 4 is 29.8 Å². The maximum absolute atomic E-state index is 13.4. The van der Waals surface area contributed by atoms with Crippen LogP contribution in [-0.4, -0.2) is 99.3 Å². The summed E-state index contributed by atoms with van der Waals surface area (Å²) in [5.41, 5.74) is 3.92. The van der Waals surface area contributed by atoms with Crippen LogP contribution in [0.2, 0.25) is 0 Å². The number of hydroxylamine groups is 2. The van der Waals surface area contributed by atoms with E-state index in [0.29, 0.717) is 38.2 Å². The fraction of sp³-hybridized carbons (Fsp3) is 0.500. The average Bonchev–Trinajstić information content (AvgIpc) is 3.30. The number of piperidine rings is 1. The number of H-pyrrole nitrogens is 1. The molecule has 0 radical (unpaired) electrons. The van der Waals surface area contributed by atoms with Gasteiger partial charge in [0, 0.05) is 56.8 Å². The van der Waals surface area contributed by atoms with Crippen LogP contribution in [0.3, 0.4) is 0 Å². The summed E-state index contributed by atoms with van der Waals surface area (Å²) in [6.07, 6.45) is 4.58. The number of aliphatic hydroxyl groups excluding tert-OH is 1. The van der Waals surface area contributed by atoms with Gasteiger partial charge >= 0.3 is 0 Å². The lowest BCUT2D eigenvalue weighted by atomic mass is 9.88. The molecule has 3 unspecified atom stereocenters. The topological polar surface area (TPSA) is 188 Å². The maximum Gasteiger partial charge on any atom is 0.266 e. The fourth-order valence-electron chi connectivity index (χ4n) is 7.06. The van der Waals surface area contributed by atoms with Gasteiger partial charge < -0.3 is 20.3 Å². The Morgan fingerprint density at radius 1 is 1.04 bits per heavy atom. The van der Waals surface area contributed by atoms with Crippen molar-refractivity contribution in [1.29, 1.82) is 5.41 Å². The Labute approximate surface area is 265 Å². The van der Waals surface area contributed by atoms with Crippen LogP contribution in [-0.2, 0) is 29.0 Å². The molecule has 1 aromatic carbocycles. The lowest BCUT2D eigenvalue weighted by Gasteiger charge is -2.40. The van der Waals surface area contributed by atoms with Crippen LogP contribution in [0, 0.1) is 12.3 Å². The predicted octanol–water partition coefficient (Wildman–Crippen LogP) is 0.391. The number of imide groups is 2. The number of carbonyl (C=O) groups is 4. The summed E-state index contributed by atoms with van der Waals surface area (Å²) in [6, 6.07) is 3.25. The third-order valence-corrected chi connectivity index (χ3v) is 9.47. The van der Waals surface area contributed by atoms with Crippen molar-refractivity contribution in [3.63, 3.8) is 0 Å². The number of amides is 4. The number of fused-ring (bicyclic) bond motifs is 2. The molecular formula is C32H39N7O7. The summed E-state index contributed by atoms with van der Waals surface area (Å²) in [5, 5.41) is 26.0. The summed E-state index contributed by atoms with van der Waals surface area (Å²) >= 11 is 0. The molecule has 4 aliphatic rings. The van der Waals surface area contributed by atoms with Gasteiger partial charge in [0.1, 0.15) is 12.3 Å². The number of aromatic amines is 1. The molecule has 14 heteroatoms. The minimum Gasteiger partial charge on any atom is -0.405 e. The van der Waals surface area contributed by atoms with Crippen LogP contribution in [0.5, 0.6) is 5.75 Å². The zero-order chi connectivity index (χ0) is 32.5. The first kappa shape index (κ1) is 31.7. The van der Waals surface area contributed by atoms with Gasteiger partial charge in [0.2, 0.25) is 11.8 Å². The molecule has 2 saturated heterocycles. The minimum atomic E-state index is -1.07. The van der Waals surface area contributed by atoms with E-state index in [1.807, 2.05) is 6.92 Å². The predicted molar refractivity (Wildman–Crippen MR) is 165 cm³/mol. The molecule has 5 N–H and O–H groups in total. The largest absolute Gasteiger partial charge is 0.405 e. The average molecular weight is 634 g/mol. The molecule has 1 aliphatic carbocycles. The number of aryl methyl sites for hydroxylation is 1. The molecule has 3 atom stereocenters. The highest BCUT2D eigenvalue weighted by atomic mass is 16.7. The highest BCUT2D eigenvalue weighted by Gasteiger charge is 2.46. The van der Waals surface area contributed by atoms with Crippen molar-refractivity contribution in [1.82, 2.24) is 30.5 Å². The third-order valence-electron chi connectivity index (χ3n) is 9.47. The number of benzene rings is 1. The number of aromatic nitrogens is 1. The van der Waals surface area contributed by atoms with E-state index < -0.39 is 41.9 Å². The van der Waals surface area contributed by atoms with Crippen molar-refractivity contribution in [3.05, 3.63) is 62.1 Å². The number of pyridine rings is 1. The Balaban J connectivity index is 1.09. The summed E-state index contributed by atoms with van der Waals surface area (Å²) in [6.45, 7) is 3.95. The molecule has 244 valence electrons. The number of aliphatic hydroxyl groups is 1. The molecule has 1 aromatic heterocycles. The first-order chi connectivity index (χ1) is 22.2. The van der Waals surface area contributed by atoms with Gasteiger partial charge in [-0.1, -0.05) is 6.07 Å². The summed E-state index contributed by atoms with van der Waals surface area (Å²) in [4.78, 5) is 75.5. The van der Waals surface area contributed by atoms with Crippen molar-refractivity contribution in [2.75, 3.05) is 26.2 Å². The Bertz CT molecular complexity index is 1630. The molecule has 3 aliphatic heterocycles. The molecule has 4 heterocycles. The molecule has 2 aromatic rings. The highest BCUT2D eigenvalue weighted by molar-refractivity contribution is 6.24. The maximum atomic E-state index is 13.4. The molecule has 4 amide bonds. The fourth-order valence-corrected chi connectivity index (χ4v) is 7.06. The molecular weight excluding hydrogens is 594 g/mol. The zero-order valence-electron chi connectivity index (χ0n) is 25.8. The van der Waals surface area contributed by atoms with E-state index in [2.05, 4.69) is 20.5 Å². The quantitative estimate of drug-likeness (QED) is 0.139. The van der Waals surface area contributed by atoms with Gasteiger partial charge in [0.15, 0.2) is 5.75 Å². The monoisotopic (exact) mass is 633 g/mol. The van der Waals surface area contributed by atoms with Crippen molar-refractivity contribution in [2.45, 2.75) is 76.7 Å². The van der Waals surface area contributed by atoms with E-state index in [-0.39, 0.29) is 41.8 Å². The molecule has 2 fully saturated rings. The Hall–Kier alpha value is -4.24. The first-order valence-corrected chi connectivity index (χ1v) is 15.8. The minimum absolute atomic E-state index is 0.0346. The van der Waals surface area contributed by atoms with Crippen molar-refractivity contribution in [3.8, 4) is 5.75 Å². The second-order valence-electron chi connectivity index (χ2n) is 12.2. The molecule has 14 nitrogen and oxygen atoms in total. The van der Waals surface area contributed by atoms with E-state index in [4.69, 9.17) is 10.2 Å². The number of nitrogens with zero attached hydrogens (tertiary/aromatic N) is 3. The standard InChI is InChI=1S/C32H39N7O7/c1-18-19-5-2-3-6-20(19)22(28(41)35-18)17-34-29(42)23(11-12-33)37-13-15-38(16-14-37)46-25-8-4-7-21-27(25)32(45)39(31(21)44)24-9-10-26(40)36-30(24)43/h4,7-8,12,23-24,29,33-34,42H,2-3,5-6,9-11,13-17H2,1H3,(H,35,41)(H,36,40,43). The summed E-state index contributed by atoms with van der Waals surface area (Å²) in [7, 11) is 0. The van der Waals surface area contributed by atoms with Crippen LogP contribution in [0.15, 0.2) is 23.0 Å². The van der Waals surface area contributed by atoms with E-state index in [1.165, 1.54) is 17.8 Å². The molecule has 46 heavy (non-hydrogen) atoms. The van der Waals surface area contributed by atoms with Gasteiger partial charge in [-0.15, -0.1) is 5.06 Å². The second-order valence-corrected chi connectivity index (χ2v) is 12.2. The van der Waals surface area contributed by atoms with Gasteiger partial charge in [0.05, 0.1) is 17.2 Å². The van der Waals surface area contributed by atoms with Gasteiger partial charge in [-0.05, 0) is 68.5 Å². The van der Waals surface area contributed by atoms with E-state index in [1.54, 1.807) is 17.2 Å². The zero-order valence-corrected chi connectivity index (χ0v) is 25.8. The molecule has 0 saturated carbocycles. The van der Waals surface area contributed by atoms with Crippen LogP contribution in [0.4, 0.5) is 0 Å². The highest BCUT2D eigenvalue weighted by Crippen LogP contribution is 2.34. The summed E-state index contributed by atoms with van der Waals surface area (Å²) in [5.74, 6) is -2.16. The van der Waals surface area contributed by atoms with Crippen LogP contribution in [0.1, 0.15) is 75.2 Å². The number of nitrogens with one attached hydrogen (secondary N) is 4. The van der Waals surface area contributed by atoms with E-state index in [9.17, 15) is 29.1 Å². The number of hydrogen-bond acceptors (Lipinski definition) is 11. The summed E-state index contributed by atoms with van der Waals surface area (Å²) < 4.78 is 0. The van der Waals surface area contributed by atoms with Crippen LogP contribution >= 0.6 is 0 Å². The Kier molecular flexibility index (Phi) is 9.13. The van der Waals surface area contributed by atoms with Gasteiger partial charge in [0.25, 0.3) is 17.4 Å². The number of piperazine rings is 1. The lowest BCUT2D eigenvalue weighted by Crippen LogP contribution is -2.57. The number of carbonyl (C=O) groups excluding carboxylic acids is 4. The van der Waals surface area contributed by atoms with Crippen LogP contribution in [0.25, 0.3) is 0 Å². The molecule has 6 rings (SSSR count). The smallest absolute Gasteiger partial charge is 0.266 e. The van der Waals surface area contributed by atoms with Crippen molar-refractivity contribution < 1.29 is 29.1 Å². The first-order valence-electron chi connectivity index (χ1n) is 15.8. The van der Waals surface area contributed by atoms with E-state index >= 15 is 0 Å². The number of hydrogen-bond donors (Lipinski definition) is 5. The normalized spacial score (nSPS) is 21.9. The Morgan fingerprint density at radius 3 is 2.50 bits per heavy atom. The van der Waals surface area contributed by atoms with Gasteiger partial charge in [-0.3, -0.25) is 44.4 Å². The molecule has 0 spiro atoms. The lowest BCUT2D eigenvalue weighted by molar-refractivity contribution is -0.136.